The van der Waals surface area contributed by atoms with E-state index in [-0.39, 0.29) is 0 Å². The van der Waals surface area contributed by atoms with Gasteiger partial charge in [0.1, 0.15) is 11.6 Å². The Hall–Kier alpha value is -2.72. The Morgan fingerprint density at radius 1 is 1.30 bits per heavy atom. The van der Waals surface area contributed by atoms with E-state index in [1.807, 2.05) is 31.2 Å². The summed E-state index contributed by atoms with van der Waals surface area (Å²) in [6.45, 7) is 17.8. The molecule has 0 amide bonds. The van der Waals surface area contributed by atoms with Crippen molar-refractivity contribution < 1.29 is 0 Å². The molecule has 4 heteroatoms. The first-order chi connectivity index (χ1) is 13.1. The lowest BCUT2D eigenvalue weighted by Crippen LogP contribution is -2.29. The maximum absolute atomic E-state index is 4.81. The Labute approximate surface area is 163 Å². The van der Waals surface area contributed by atoms with Gasteiger partial charge in [-0.15, -0.1) is 0 Å². The van der Waals surface area contributed by atoms with E-state index in [2.05, 4.69) is 43.4 Å². The molecule has 4 nitrogen and oxygen atoms in total. The third-order valence-electron chi connectivity index (χ3n) is 4.53. The van der Waals surface area contributed by atoms with Gasteiger partial charge in [-0.25, -0.2) is 9.97 Å². The van der Waals surface area contributed by atoms with Crippen LogP contribution >= 0.6 is 0 Å². The minimum Gasteiger partial charge on any atom is -0.340 e. The second-order valence-corrected chi connectivity index (χ2v) is 6.62. The van der Waals surface area contributed by atoms with E-state index in [1.165, 1.54) is 5.57 Å². The molecule has 2 heterocycles. The van der Waals surface area contributed by atoms with Crippen molar-refractivity contribution in [3.05, 3.63) is 85.0 Å². The summed E-state index contributed by atoms with van der Waals surface area (Å²) in [5.74, 6) is 1.90. The minimum absolute atomic E-state index is 0.309. The summed E-state index contributed by atoms with van der Waals surface area (Å²) in [6.07, 6.45) is 13.7. The molecule has 0 radical (unpaired) electrons. The first-order valence-electron chi connectivity index (χ1n) is 9.39. The summed E-state index contributed by atoms with van der Waals surface area (Å²) < 4.78 is 0. The Bertz CT molecular complexity index is 778. The number of hydrogen-bond donors (Lipinski definition) is 2. The number of hydrogen-bond acceptors (Lipinski definition) is 4. The number of rotatable bonds is 8. The van der Waals surface area contributed by atoms with E-state index in [1.54, 1.807) is 12.2 Å². The summed E-state index contributed by atoms with van der Waals surface area (Å²) >= 11 is 0. The largest absolute Gasteiger partial charge is 0.340 e. The zero-order chi connectivity index (χ0) is 19.6. The minimum atomic E-state index is 0.309. The quantitative estimate of drug-likeness (QED) is 0.628. The molecule has 1 atom stereocenters. The number of allylic oxidation sites excluding steroid dienone is 8. The summed E-state index contributed by atoms with van der Waals surface area (Å²) in [5.41, 5.74) is 3.71. The molecule has 0 aromatic carbocycles. The normalized spacial score (nSPS) is 18.4. The van der Waals surface area contributed by atoms with Crippen molar-refractivity contribution in [2.24, 2.45) is 0 Å². The van der Waals surface area contributed by atoms with Gasteiger partial charge in [-0.3, -0.25) is 0 Å². The molecule has 0 spiro atoms. The predicted molar refractivity (Wildman–Crippen MR) is 117 cm³/mol. The van der Waals surface area contributed by atoms with Gasteiger partial charge in [0.2, 0.25) is 0 Å². The van der Waals surface area contributed by atoms with Crippen LogP contribution in [0.3, 0.4) is 0 Å². The van der Waals surface area contributed by atoms with Crippen molar-refractivity contribution in [2.45, 2.75) is 32.6 Å². The Morgan fingerprint density at radius 3 is 2.74 bits per heavy atom. The van der Waals surface area contributed by atoms with Gasteiger partial charge in [-0.2, -0.15) is 0 Å². The van der Waals surface area contributed by atoms with Crippen molar-refractivity contribution in [3.63, 3.8) is 0 Å². The molecular formula is C23H30N4. The van der Waals surface area contributed by atoms with E-state index in [4.69, 9.17) is 9.97 Å². The summed E-state index contributed by atoms with van der Waals surface area (Å²) in [4.78, 5) is 9.57. The van der Waals surface area contributed by atoms with E-state index >= 15 is 0 Å². The van der Waals surface area contributed by atoms with E-state index in [0.29, 0.717) is 5.92 Å². The van der Waals surface area contributed by atoms with Crippen LogP contribution in [0.4, 0.5) is 5.82 Å². The maximum atomic E-state index is 4.81. The molecule has 1 fully saturated rings. The van der Waals surface area contributed by atoms with Crippen LogP contribution < -0.4 is 10.6 Å². The number of aromatic nitrogens is 2. The third-order valence-corrected chi connectivity index (χ3v) is 4.53. The molecule has 1 saturated heterocycles. The second-order valence-electron chi connectivity index (χ2n) is 6.62. The summed E-state index contributed by atoms with van der Waals surface area (Å²) in [5, 5.41) is 6.74. The third kappa shape index (κ3) is 6.19. The summed E-state index contributed by atoms with van der Waals surface area (Å²) in [7, 11) is 0. The van der Waals surface area contributed by atoms with E-state index < -0.39 is 0 Å². The average Bonchev–Trinajstić information content (AvgIpc) is 2.71. The smallest absolute Gasteiger partial charge is 0.135 e. The number of anilines is 1. The van der Waals surface area contributed by atoms with Gasteiger partial charge in [-0.1, -0.05) is 49.6 Å². The molecule has 1 aliphatic heterocycles. The van der Waals surface area contributed by atoms with Gasteiger partial charge in [-0.05, 0) is 51.0 Å². The maximum Gasteiger partial charge on any atom is 0.135 e. The van der Waals surface area contributed by atoms with Crippen LogP contribution in [0.25, 0.3) is 5.57 Å². The molecule has 1 unspecified atom stereocenters. The molecule has 1 aliphatic rings. The molecule has 1 aromatic rings. The highest BCUT2D eigenvalue weighted by atomic mass is 15.0. The second kappa shape index (κ2) is 10.4. The Kier molecular flexibility index (Phi) is 7.96. The standard InChI is InChI=1S/C23H30N4/c1-6-10-20(8-3)25-22-15-21(18(5)13-12-17(4)7-2)26-23(27-22)19-11-9-14-24-16-19/h6-8,10,12-13,15,19,24H,1,3,5,9,11,14,16H2,2,4H3,(H,25,26,27)/b13-12-,17-7-,20-10+. The van der Waals surface area contributed by atoms with Gasteiger partial charge >= 0.3 is 0 Å². The number of piperidine rings is 1. The lowest BCUT2D eigenvalue weighted by Gasteiger charge is -2.22. The lowest BCUT2D eigenvalue weighted by molar-refractivity contribution is 0.446. The van der Waals surface area contributed by atoms with Crippen molar-refractivity contribution in [2.75, 3.05) is 18.4 Å². The zero-order valence-electron chi connectivity index (χ0n) is 16.5. The molecule has 0 saturated carbocycles. The molecule has 27 heavy (non-hydrogen) atoms. The van der Waals surface area contributed by atoms with Crippen molar-refractivity contribution in [3.8, 4) is 0 Å². The fourth-order valence-corrected chi connectivity index (χ4v) is 2.80. The van der Waals surface area contributed by atoms with Crippen LogP contribution in [0.5, 0.6) is 0 Å². The van der Waals surface area contributed by atoms with E-state index in [9.17, 15) is 0 Å². The van der Waals surface area contributed by atoms with Crippen LogP contribution in [0.15, 0.2) is 73.5 Å². The predicted octanol–water partition coefficient (Wildman–Crippen LogP) is 5.15. The number of nitrogens with one attached hydrogen (secondary N) is 2. The van der Waals surface area contributed by atoms with Gasteiger partial charge in [0.25, 0.3) is 0 Å². The highest BCUT2D eigenvalue weighted by Gasteiger charge is 2.19. The highest BCUT2D eigenvalue weighted by molar-refractivity contribution is 5.72. The van der Waals surface area contributed by atoms with Gasteiger partial charge < -0.3 is 10.6 Å². The first-order valence-corrected chi connectivity index (χ1v) is 9.39. The van der Waals surface area contributed by atoms with Crippen LogP contribution in [-0.4, -0.2) is 23.1 Å². The Morgan fingerprint density at radius 2 is 2.11 bits per heavy atom. The summed E-state index contributed by atoms with van der Waals surface area (Å²) in [6, 6.07) is 1.93. The van der Waals surface area contributed by atoms with Crippen LogP contribution in [0.1, 0.15) is 44.1 Å². The Balaban J connectivity index is 2.38. The van der Waals surface area contributed by atoms with Crippen LogP contribution in [0, 0.1) is 0 Å². The molecule has 1 aromatic heterocycles. The van der Waals surface area contributed by atoms with E-state index in [0.717, 1.165) is 54.5 Å². The van der Waals surface area contributed by atoms with Gasteiger partial charge in [0, 0.05) is 24.2 Å². The van der Waals surface area contributed by atoms with Crippen molar-refractivity contribution in [1.82, 2.24) is 15.3 Å². The first kappa shape index (κ1) is 20.6. The SMILES string of the molecule is C=C/C=C(\C=C)Nc1cc(C(=C)/C=C\C(C)=C/C)nc(C2CCCNC2)n1. The number of nitrogens with zero attached hydrogens (tertiary/aromatic N) is 2. The highest BCUT2D eigenvalue weighted by Crippen LogP contribution is 2.25. The molecular weight excluding hydrogens is 332 g/mol. The van der Waals surface area contributed by atoms with Crippen LogP contribution in [0.2, 0.25) is 0 Å². The van der Waals surface area contributed by atoms with Crippen molar-refractivity contribution >= 4 is 11.4 Å². The monoisotopic (exact) mass is 362 g/mol. The molecule has 2 N–H and O–H groups in total. The topological polar surface area (TPSA) is 49.8 Å². The van der Waals surface area contributed by atoms with Gasteiger partial charge in [0.05, 0.1) is 5.69 Å². The molecule has 0 aliphatic carbocycles. The fraction of sp³-hybridized carbons (Fsp3) is 0.304. The fourth-order valence-electron chi connectivity index (χ4n) is 2.80. The molecule has 142 valence electrons. The average molecular weight is 363 g/mol. The lowest BCUT2D eigenvalue weighted by atomic mass is 9.98. The zero-order valence-corrected chi connectivity index (χ0v) is 16.5. The molecule has 2 rings (SSSR count). The van der Waals surface area contributed by atoms with Crippen molar-refractivity contribution in [1.29, 1.82) is 0 Å². The molecule has 0 bridgehead atoms. The van der Waals surface area contributed by atoms with Gasteiger partial charge in [0.15, 0.2) is 0 Å². The van der Waals surface area contributed by atoms with Crippen LogP contribution in [-0.2, 0) is 0 Å².